The molecule has 2 aromatic rings. The van der Waals surface area contributed by atoms with Crippen LogP contribution in [0.5, 0.6) is 0 Å². The van der Waals surface area contributed by atoms with Crippen molar-refractivity contribution in [2.45, 2.75) is 31.8 Å². The van der Waals surface area contributed by atoms with E-state index in [9.17, 15) is 18.4 Å². The van der Waals surface area contributed by atoms with Crippen LogP contribution in [0.4, 0.5) is 8.78 Å². The predicted octanol–water partition coefficient (Wildman–Crippen LogP) is 1.72. The van der Waals surface area contributed by atoms with Crippen LogP contribution in [0.15, 0.2) is 35.4 Å². The second-order valence-electron chi connectivity index (χ2n) is 5.50. The fourth-order valence-electron chi connectivity index (χ4n) is 2.89. The lowest BCUT2D eigenvalue weighted by Gasteiger charge is -2.27. The van der Waals surface area contributed by atoms with E-state index >= 15 is 0 Å². The van der Waals surface area contributed by atoms with Gasteiger partial charge in [-0.1, -0.05) is 0 Å². The Bertz CT molecular complexity index is 804. The number of amides is 1. The zero-order valence-corrected chi connectivity index (χ0v) is 12.3. The van der Waals surface area contributed by atoms with Gasteiger partial charge in [-0.05, 0) is 42.5 Å². The molecule has 120 valence electrons. The minimum absolute atomic E-state index is 0.184. The van der Waals surface area contributed by atoms with Crippen molar-refractivity contribution in [2.24, 2.45) is 0 Å². The van der Waals surface area contributed by atoms with Crippen molar-refractivity contribution >= 4 is 5.91 Å². The van der Waals surface area contributed by atoms with Crippen molar-refractivity contribution in [1.29, 1.82) is 0 Å². The number of fused-ring (bicyclic) bond motifs is 1. The molecule has 1 aliphatic rings. The maximum atomic E-state index is 13.8. The maximum absolute atomic E-state index is 13.8. The highest BCUT2D eigenvalue weighted by atomic mass is 19.1. The van der Waals surface area contributed by atoms with Gasteiger partial charge in [-0.3, -0.25) is 9.36 Å². The van der Waals surface area contributed by atoms with Gasteiger partial charge in [-0.25, -0.2) is 18.6 Å². The molecule has 0 bridgehead atoms. The first-order valence-corrected chi connectivity index (χ1v) is 7.33. The number of carbonyl (C=O) groups is 1. The summed E-state index contributed by atoms with van der Waals surface area (Å²) in [5, 5.41) is 2.75. The number of nitrogens with zero attached hydrogens (tertiary/aromatic N) is 2. The van der Waals surface area contributed by atoms with E-state index in [1.807, 2.05) is 0 Å². The van der Waals surface area contributed by atoms with Gasteiger partial charge in [0, 0.05) is 18.5 Å². The molecule has 1 aliphatic carbocycles. The van der Waals surface area contributed by atoms with Gasteiger partial charge in [-0.15, -0.1) is 0 Å². The molecule has 0 aliphatic heterocycles. The first-order chi connectivity index (χ1) is 11.0. The number of hydrogen-bond donors (Lipinski definition) is 1. The van der Waals surface area contributed by atoms with Crippen LogP contribution < -0.4 is 11.0 Å². The molecule has 1 heterocycles. The summed E-state index contributed by atoms with van der Waals surface area (Å²) in [4.78, 5) is 27.2. The largest absolute Gasteiger partial charge is 0.348 e. The first kappa shape index (κ1) is 15.3. The Morgan fingerprint density at radius 1 is 1.39 bits per heavy atom. The van der Waals surface area contributed by atoms with E-state index in [1.54, 1.807) is 6.07 Å². The van der Waals surface area contributed by atoms with E-state index in [1.165, 1.54) is 23.0 Å². The Morgan fingerprint density at radius 2 is 2.22 bits per heavy atom. The Hall–Kier alpha value is -2.57. The molecule has 1 N–H and O–H groups in total. The second-order valence-corrected chi connectivity index (χ2v) is 5.50. The molecule has 0 fully saturated rings. The lowest BCUT2D eigenvalue weighted by atomic mass is 9.87. The number of halogens is 2. The monoisotopic (exact) mass is 319 g/mol. The third-order valence-electron chi connectivity index (χ3n) is 3.92. The highest BCUT2D eigenvalue weighted by Gasteiger charge is 2.25. The van der Waals surface area contributed by atoms with Crippen molar-refractivity contribution in [3.05, 3.63) is 63.8 Å². The topological polar surface area (TPSA) is 64.0 Å². The number of aromatic nitrogens is 2. The number of hydrogen-bond acceptors (Lipinski definition) is 3. The molecule has 0 unspecified atom stereocenters. The fourth-order valence-corrected chi connectivity index (χ4v) is 2.89. The van der Waals surface area contributed by atoms with Crippen molar-refractivity contribution in [3.8, 4) is 0 Å². The number of rotatable bonds is 3. The second kappa shape index (κ2) is 6.28. The summed E-state index contributed by atoms with van der Waals surface area (Å²) in [7, 11) is 0. The lowest BCUT2D eigenvalue weighted by Crippen LogP contribution is -2.36. The highest BCUT2D eigenvalue weighted by molar-refractivity contribution is 5.76. The average Bonchev–Trinajstić information content (AvgIpc) is 2.50. The lowest BCUT2D eigenvalue weighted by molar-refractivity contribution is -0.122. The standard InChI is InChI=1S/C16H15F2N3O2/c17-10-7-12-11(13(18)8-10)3-1-4-14(12)20-15(22)9-21-6-2-5-19-16(21)23/h2,5-8,14H,1,3-4,9H2,(H,20,22)/t14-/m1/s1. The van der Waals surface area contributed by atoms with Crippen LogP contribution in [-0.4, -0.2) is 15.5 Å². The van der Waals surface area contributed by atoms with Crippen LogP contribution in [0.2, 0.25) is 0 Å². The highest BCUT2D eigenvalue weighted by Crippen LogP contribution is 2.32. The Labute approximate surface area is 131 Å². The van der Waals surface area contributed by atoms with E-state index in [-0.39, 0.29) is 6.54 Å². The Kier molecular flexibility index (Phi) is 4.18. The van der Waals surface area contributed by atoms with E-state index in [2.05, 4.69) is 10.3 Å². The summed E-state index contributed by atoms with van der Waals surface area (Å²) in [5.74, 6) is -1.64. The predicted molar refractivity (Wildman–Crippen MR) is 78.7 cm³/mol. The zero-order valence-electron chi connectivity index (χ0n) is 12.3. The van der Waals surface area contributed by atoms with Crippen LogP contribution in [0, 0.1) is 11.6 Å². The minimum Gasteiger partial charge on any atom is -0.348 e. The first-order valence-electron chi connectivity index (χ1n) is 7.33. The normalized spacial score (nSPS) is 16.7. The van der Waals surface area contributed by atoms with Gasteiger partial charge in [-0.2, -0.15) is 0 Å². The smallest absolute Gasteiger partial charge is 0.347 e. The minimum atomic E-state index is -0.661. The van der Waals surface area contributed by atoms with Gasteiger partial charge in [0.05, 0.1) is 6.04 Å². The third kappa shape index (κ3) is 3.28. The SMILES string of the molecule is O=C(Cn1cccnc1=O)N[C@@H]1CCCc2c(F)cc(F)cc21. The molecule has 1 aromatic carbocycles. The molecule has 0 saturated heterocycles. The summed E-state index contributed by atoms with van der Waals surface area (Å²) >= 11 is 0. The molecule has 0 radical (unpaired) electrons. The number of nitrogens with one attached hydrogen (secondary N) is 1. The summed E-state index contributed by atoms with van der Waals surface area (Å²) in [6, 6.07) is 3.22. The molecule has 7 heteroatoms. The van der Waals surface area contributed by atoms with Gasteiger partial charge < -0.3 is 5.32 Å². The van der Waals surface area contributed by atoms with E-state index in [4.69, 9.17) is 0 Å². The molecule has 23 heavy (non-hydrogen) atoms. The Morgan fingerprint density at radius 3 is 3.00 bits per heavy atom. The van der Waals surface area contributed by atoms with Crippen LogP contribution in [0.3, 0.4) is 0 Å². The quantitative estimate of drug-likeness (QED) is 0.937. The number of carbonyl (C=O) groups excluding carboxylic acids is 1. The van der Waals surface area contributed by atoms with Crippen molar-refractivity contribution in [1.82, 2.24) is 14.9 Å². The van der Waals surface area contributed by atoms with E-state index in [0.717, 1.165) is 6.07 Å². The molecule has 0 saturated carbocycles. The third-order valence-corrected chi connectivity index (χ3v) is 3.92. The van der Waals surface area contributed by atoms with Crippen molar-refractivity contribution in [3.63, 3.8) is 0 Å². The zero-order chi connectivity index (χ0) is 16.4. The average molecular weight is 319 g/mol. The van der Waals surface area contributed by atoms with Crippen LogP contribution in [0.25, 0.3) is 0 Å². The van der Waals surface area contributed by atoms with Gasteiger partial charge in [0.2, 0.25) is 5.91 Å². The number of benzene rings is 1. The summed E-state index contributed by atoms with van der Waals surface area (Å²) in [6.45, 7) is -0.184. The van der Waals surface area contributed by atoms with Crippen LogP contribution in [-0.2, 0) is 17.8 Å². The maximum Gasteiger partial charge on any atom is 0.347 e. The van der Waals surface area contributed by atoms with Crippen LogP contribution in [0.1, 0.15) is 30.0 Å². The van der Waals surface area contributed by atoms with Crippen LogP contribution >= 0.6 is 0 Å². The molecular formula is C16H15F2N3O2. The molecule has 1 amide bonds. The van der Waals surface area contributed by atoms with Crippen molar-refractivity contribution < 1.29 is 13.6 Å². The molecule has 3 rings (SSSR count). The van der Waals surface area contributed by atoms with Gasteiger partial charge in [0.15, 0.2) is 0 Å². The Balaban J connectivity index is 1.78. The van der Waals surface area contributed by atoms with Gasteiger partial charge in [0.25, 0.3) is 0 Å². The van der Waals surface area contributed by atoms with Gasteiger partial charge in [0.1, 0.15) is 18.2 Å². The molecule has 1 atom stereocenters. The molecule has 0 spiro atoms. The van der Waals surface area contributed by atoms with Crippen molar-refractivity contribution in [2.75, 3.05) is 0 Å². The van der Waals surface area contributed by atoms with E-state index in [0.29, 0.717) is 30.4 Å². The molecule has 5 nitrogen and oxygen atoms in total. The molecule has 1 aromatic heterocycles. The fraction of sp³-hybridized carbons (Fsp3) is 0.312. The molecular weight excluding hydrogens is 304 g/mol. The van der Waals surface area contributed by atoms with E-state index < -0.39 is 29.3 Å². The summed E-state index contributed by atoms with van der Waals surface area (Å²) in [6.07, 6.45) is 4.63. The van der Waals surface area contributed by atoms with Gasteiger partial charge >= 0.3 is 5.69 Å². The summed E-state index contributed by atoms with van der Waals surface area (Å²) < 4.78 is 28.5. The summed E-state index contributed by atoms with van der Waals surface area (Å²) in [5.41, 5.74) is 0.394.